The Morgan fingerprint density at radius 1 is 1.17 bits per heavy atom. The number of rotatable bonds is 6. The fraction of sp³-hybridized carbons (Fsp3) is 0.600. The van der Waals surface area contributed by atoms with Gasteiger partial charge >= 0.3 is 0 Å². The first-order valence-corrected chi connectivity index (χ1v) is 6.61. The number of benzene rings is 1. The molecule has 0 fully saturated rings. The van der Waals surface area contributed by atoms with Crippen LogP contribution in [0.4, 0.5) is 0 Å². The van der Waals surface area contributed by atoms with Gasteiger partial charge in [-0.2, -0.15) is 0 Å². The quantitative estimate of drug-likeness (QED) is 0.598. The van der Waals surface area contributed by atoms with Crippen LogP contribution in [0.15, 0.2) is 12.1 Å². The number of nitrogens with zero attached hydrogens (tertiary/aromatic N) is 1. The summed E-state index contributed by atoms with van der Waals surface area (Å²) >= 11 is 0. The second-order valence-corrected chi connectivity index (χ2v) is 5.54. The number of nitrogens with two attached hydrogens (primary N) is 1. The van der Waals surface area contributed by atoms with Crippen LogP contribution in [-0.2, 0) is 6.42 Å². The largest absolute Gasteiger partial charge is 0.309 e. The molecule has 3 N–H and O–H groups in total. The van der Waals surface area contributed by atoms with Crippen LogP contribution in [0.2, 0.25) is 0 Å². The molecule has 102 valence electrons. The maximum atomic E-state index is 5.67. The third-order valence-electron chi connectivity index (χ3n) is 3.45. The van der Waals surface area contributed by atoms with Gasteiger partial charge in [0.05, 0.1) is 0 Å². The minimum Gasteiger partial charge on any atom is -0.309 e. The van der Waals surface area contributed by atoms with Crippen LogP contribution in [0.25, 0.3) is 0 Å². The van der Waals surface area contributed by atoms with Gasteiger partial charge in [-0.15, -0.1) is 0 Å². The van der Waals surface area contributed by atoms with Crippen molar-refractivity contribution >= 4 is 0 Å². The van der Waals surface area contributed by atoms with E-state index in [2.05, 4.69) is 57.3 Å². The third-order valence-corrected chi connectivity index (χ3v) is 3.45. The average Bonchev–Trinajstić information content (AvgIpc) is 2.26. The fourth-order valence-electron chi connectivity index (χ4n) is 2.44. The van der Waals surface area contributed by atoms with Crippen LogP contribution in [0.3, 0.4) is 0 Å². The van der Waals surface area contributed by atoms with Gasteiger partial charge in [-0.25, -0.2) is 0 Å². The van der Waals surface area contributed by atoms with E-state index in [4.69, 9.17) is 5.84 Å². The van der Waals surface area contributed by atoms with Gasteiger partial charge < -0.3 is 4.90 Å². The molecule has 1 aromatic carbocycles. The molecule has 0 amide bonds. The summed E-state index contributed by atoms with van der Waals surface area (Å²) in [5, 5.41) is 0. The number of aryl methyl sites for hydroxylation is 3. The van der Waals surface area contributed by atoms with Crippen molar-refractivity contribution in [1.29, 1.82) is 0 Å². The van der Waals surface area contributed by atoms with Crippen molar-refractivity contribution < 1.29 is 0 Å². The molecular weight excluding hydrogens is 222 g/mol. The first kappa shape index (κ1) is 15.2. The summed E-state index contributed by atoms with van der Waals surface area (Å²) in [4.78, 5) is 2.19. The van der Waals surface area contributed by atoms with Crippen molar-refractivity contribution in [2.75, 3.05) is 20.6 Å². The second-order valence-electron chi connectivity index (χ2n) is 5.54. The summed E-state index contributed by atoms with van der Waals surface area (Å²) in [6, 6.07) is 4.84. The average molecular weight is 249 g/mol. The van der Waals surface area contributed by atoms with Gasteiger partial charge in [-0.05, 0) is 70.9 Å². The minimum atomic E-state index is 0.340. The molecule has 3 heteroatoms. The predicted octanol–water partition coefficient (Wildman–Crippen LogP) is 1.94. The van der Waals surface area contributed by atoms with Gasteiger partial charge in [-0.3, -0.25) is 11.3 Å². The summed E-state index contributed by atoms with van der Waals surface area (Å²) in [5.74, 6) is 5.67. The Morgan fingerprint density at radius 2 is 1.72 bits per heavy atom. The molecule has 0 aromatic heterocycles. The van der Waals surface area contributed by atoms with Gasteiger partial charge in [-0.1, -0.05) is 17.7 Å². The summed E-state index contributed by atoms with van der Waals surface area (Å²) in [6.07, 6.45) is 2.07. The van der Waals surface area contributed by atoms with Gasteiger partial charge in [0.25, 0.3) is 0 Å². The first-order chi connectivity index (χ1) is 8.43. The molecular formula is C15H27N3. The lowest BCUT2D eigenvalue weighted by Gasteiger charge is -2.21. The molecule has 1 atom stereocenters. The van der Waals surface area contributed by atoms with Crippen LogP contribution in [0.1, 0.15) is 28.7 Å². The highest BCUT2D eigenvalue weighted by atomic mass is 15.2. The van der Waals surface area contributed by atoms with Crippen molar-refractivity contribution in [2.45, 2.75) is 39.7 Å². The van der Waals surface area contributed by atoms with E-state index in [-0.39, 0.29) is 0 Å². The van der Waals surface area contributed by atoms with Crippen molar-refractivity contribution in [3.63, 3.8) is 0 Å². The molecule has 1 rings (SSSR count). The molecule has 1 aromatic rings. The Morgan fingerprint density at radius 3 is 2.17 bits per heavy atom. The summed E-state index contributed by atoms with van der Waals surface area (Å²) in [6.45, 7) is 7.58. The zero-order chi connectivity index (χ0) is 13.7. The Labute approximate surface area is 111 Å². The van der Waals surface area contributed by atoms with E-state index in [1.54, 1.807) is 0 Å². The molecule has 18 heavy (non-hydrogen) atoms. The number of hydrazine groups is 1. The number of nitrogens with one attached hydrogen (secondary N) is 1. The second kappa shape index (κ2) is 6.88. The molecule has 0 radical (unpaired) electrons. The van der Waals surface area contributed by atoms with E-state index in [1.165, 1.54) is 22.3 Å². The summed E-state index contributed by atoms with van der Waals surface area (Å²) in [5.41, 5.74) is 8.46. The smallest absolute Gasteiger partial charge is 0.0263 e. The molecule has 3 nitrogen and oxygen atoms in total. The lowest BCUT2D eigenvalue weighted by Crippen LogP contribution is -2.39. The molecule has 0 aliphatic rings. The van der Waals surface area contributed by atoms with E-state index in [0.717, 1.165) is 19.4 Å². The van der Waals surface area contributed by atoms with Crippen molar-refractivity contribution in [3.8, 4) is 0 Å². The Bertz CT molecular complexity index is 362. The highest BCUT2D eigenvalue weighted by Crippen LogP contribution is 2.18. The molecule has 0 heterocycles. The SMILES string of the molecule is Cc1cc(C)c(CC(CCN(C)C)NN)c(C)c1. The predicted molar refractivity (Wildman–Crippen MR) is 78.6 cm³/mol. The number of hydrogen-bond acceptors (Lipinski definition) is 3. The lowest BCUT2D eigenvalue weighted by molar-refractivity contribution is 0.358. The Hall–Kier alpha value is -0.900. The third kappa shape index (κ3) is 4.41. The normalized spacial score (nSPS) is 13.1. The molecule has 0 spiro atoms. The maximum absolute atomic E-state index is 5.67. The van der Waals surface area contributed by atoms with Crippen molar-refractivity contribution in [3.05, 3.63) is 34.4 Å². The monoisotopic (exact) mass is 249 g/mol. The number of hydrogen-bond donors (Lipinski definition) is 2. The van der Waals surface area contributed by atoms with Gasteiger partial charge in [0.2, 0.25) is 0 Å². The van der Waals surface area contributed by atoms with E-state index in [9.17, 15) is 0 Å². The summed E-state index contributed by atoms with van der Waals surface area (Å²) < 4.78 is 0. The van der Waals surface area contributed by atoms with Gasteiger partial charge in [0, 0.05) is 6.04 Å². The molecule has 0 aliphatic heterocycles. The summed E-state index contributed by atoms with van der Waals surface area (Å²) in [7, 11) is 4.19. The van der Waals surface area contributed by atoms with Crippen LogP contribution in [-0.4, -0.2) is 31.6 Å². The standard InChI is InChI=1S/C15H27N3/c1-11-8-12(2)15(13(3)9-11)10-14(17-16)6-7-18(4)5/h8-9,14,17H,6-7,10,16H2,1-5H3. The zero-order valence-electron chi connectivity index (χ0n) is 12.4. The van der Waals surface area contributed by atoms with Crippen LogP contribution in [0.5, 0.6) is 0 Å². The zero-order valence-corrected chi connectivity index (χ0v) is 12.4. The van der Waals surface area contributed by atoms with Crippen LogP contribution in [0, 0.1) is 20.8 Å². The molecule has 0 saturated heterocycles. The van der Waals surface area contributed by atoms with E-state index >= 15 is 0 Å². The Kier molecular flexibility index (Phi) is 5.79. The highest BCUT2D eigenvalue weighted by Gasteiger charge is 2.12. The fourth-order valence-corrected chi connectivity index (χ4v) is 2.44. The molecule has 0 bridgehead atoms. The molecule has 1 unspecified atom stereocenters. The molecule has 0 saturated carbocycles. The van der Waals surface area contributed by atoms with Crippen molar-refractivity contribution in [2.24, 2.45) is 5.84 Å². The first-order valence-electron chi connectivity index (χ1n) is 6.61. The molecule has 0 aliphatic carbocycles. The van der Waals surface area contributed by atoms with Gasteiger partial charge in [0.1, 0.15) is 0 Å². The lowest BCUT2D eigenvalue weighted by atomic mass is 9.93. The van der Waals surface area contributed by atoms with Crippen LogP contribution >= 0.6 is 0 Å². The van der Waals surface area contributed by atoms with Crippen molar-refractivity contribution in [1.82, 2.24) is 10.3 Å². The highest BCUT2D eigenvalue weighted by molar-refractivity contribution is 5.38. The van der Waals surface area contributed by atoms with Crippen LogP contribution < -0.4 is 11.3 Å². The van der Waals surface area contributed by atoms with E-state index < -0.39 is 0 Å². The van der Waals surface area contributed by atoms with Gasteiger partial charge in [0.15, 0.2) is 0 Å². The van der Waals surface area contributed by atoms with E-state index in [1.807, 2.05) is 0 Å². The minimum absolute atomic E-state index is 0.340. The topological polar surface area (TPSA) is 41.3 Å². The Balaban J connectivity index is 2.75. The van der Waals surface area contributed by atoms with E-state index in [0.29, 0.717) is 6.04 Å². The maximum Gasteiger partial charge on any atom is 0.0263 e.